The maximum absolute atomic E-state index is 12.9. The average Bonchev–Trinajstić information content (AvgIpc) is 3.67. The Morgan fingerprint density at radius 2 is 1.83 bits per heavy atom. The molecule has 1 atom stereocenters. The molecule has 0 aliphatic heterocycles. The summed E-state index contributed by atoms with van der Waals surface area (Å²) in [5.41, 5.74) is 3.26. The molecular weight excluding hydrogens is 458 g/mol. The topological polar surface area (TPSA) is 125 Å². The van der Waals surface area contributed by atoms with E-state index in [0.717, 1.165) is 12.1 Å². The van der Waals surface area contributed by atoms with Crippen LogP contribution < -0.4 is 5.32 Å². The molecule has 5 rings (SSSR count). The van der Waals surface area contributed by atoms with E-state index in [4.69, 9.17) is 8.83 Å². The Kier molecular flexibility index (Phi) is 7.64. The van der Waals surface area contributed by atoms with Gasteiger partial charge in [-0.2, -0.15) is 5.10 Å². The summed E-state index contributed by atoms with van der Waals surface area (Å²) in [6.45, 7) is 5.70. The number of hydrogen-bond acceptors (Lipinski definition) is 8. The molecule has 0 saturated carbocycles. The molecule has 5 aromatic rings. The summed E-state index contributed by atoms with van der Waals surface area (Å²) in [6, 6.07) is 15.2. The van der Waals surface area contributed by atoms with Crippen LogP contribution in [0, 0.1) is 6.92 Å². The first-order chi connectivity index (χ1) is 17.4. The lowest BCUT2D eigenvalue weighted by atomic mass is 10.1. The number of pyridine rings is 1. The van der Waals surface area contributed by atoms with Crippen molar-refractivity contribution < 1.29 is 13.6 Å². The fourth-order valence-electron chi connectivity index (χ4n) is 3.36. The Balaban J connectivity index is 0.000000325. The largest absolute Gasteiger partial charge is 0.443 e. The normalized spacial score (nSPS) is 11.4. The van der Waals surface area contributed by atoms with E-state index in [9.17, 15) is 4.79 Å². The SMILES string of the molecule is CCc1ccccc1.Cc1nnc(-c2cc(C(=O)NC(C)c3ccn(C)n3)cc(-c3ncco3)n2)o1. The highest BCUT2D eigenvalue weighted by atomic mass is 16.4. The second kappa shape index (κ2) is 11.2. The van der Waals surface area contributed by atoms with Crippen molar-refractivity contribution in [2.75, 3.05) is 0 Å². The molecule has 0 bridgehead atoms. The lowest BCUT2D eigenvalue weighted by Crippen LogP contribution is -2.27. The Morgan fingerprint density at radius 1 is 1.08 bits per heavy atom. The maximum Gasteiger partial charge on any atom is 0.266 e. The first-order valence-electron chi connectivity index (χ1n) is 11.5. The van der Waals surface area contributed by atoms with Gasteiger partial charge in [0.1, 0.15) is 17.7 Å². The smallest absolute Gasteiger partial charge is 0.266 e. The molecule has 1 N–H and O–H groups in total. The van der Waals surface area contributed by atoms with Gasteiger partial charge in [0, 0.05) is 25.7 Å². The molecule has 0 aliphatic rings. The summed E-state index contributed by atoms with van der Waals surface area (Å²) in [7, 11) is 1.82. The van der Waals surface area contributed by atoms with E-state index in [1.807, 2.05) is 32.3 Å². The number of oxazole rings is 1. The molecule has 4 heterocycles. The van der Waals surface area contributed by atoms with Crippen LogP contribution in [-0.4, -0.2) is 35.9 Å². The molecule has 10 heteroatoms. The van der Waals surface area contributed by atoms with Gasteiger partial charge < -0.3 is 14.2 Å². The first-order valence-corrected chi connectivity index (χ1v) is 11.5. The van der Waals surface area contributed by atoms with Crippen molar-refractivity contribution in [1.82, 2.24) is 35.3 Å². The van der Waals surface area contributed by atoms with Gasteiger partial charge in [-0.15, -0.1) is 10.2 Å². The number of benzene rings is 1. The predicted octanol–water partition coefficient (Wildman–Crippen LogP) is 4.57. The molecule has 1 aromatic carbocycles. The van der Waals surface area contributed by atoms with Gasteiger partial charge in [-0.05, 0) is 37.1 Å². The number of rotatable bonds is 6. The van der Waals surface area contributed by atoms with Crippen LogP contribution in [0.15, 0.2) is 76.0 Å². The van der Waals surface area contributed by atoms with Gasteiger partial charge in [0.05, 0.1) is 17.9 Å². The third-order valence-electron chi connectivity index (χ3n) is 5.26. The van der Waals surface area contributed by atoms with E-state index in [1.54, 1.807) is 23.7 Å². The summed E-state index contributed by atoms with van der Waals surface area (Å²) in [5, 5.41) is 15.0. The van der Waals surface area contributed by atoms with Crippen molar-refractivity contribution in [1.29, 1.82) is 0 Å². The van der Waals surface area contributed by atoms with E-state index in [-0.39, 0.29) is 23.7 Å². The lowest BCUT2D eigenvalue weighted by Gasteiger charge is -2.12. The Hall–Kier alpha value is -4.60. The Labute approximate surface area is 208 Å². The Morgan fingerprint density at radius 3 is 2.39 bits per heavy atom. The minimum absolute atomic E-state index is 0.206. The molecule has 10 nitrogen and oxygen atoms in total. The molecule has 0 saturated heterocycles. The second-order valence-electron chi connectivity index (χ2n) is 8.04. The van der Waals surface area contributed by atoms with Crippen molar-refractivity contribution in [3.8, 4) is 23.2 Å². The van der Waals surface area contributed by atoms with Crippen LogP contribution in [0.3, 0.4) is 0 Å². The molecule has 0 aliphatic carbocycles. The predicted molar refractivity (Wildman–Crippen MR) is 133 cm³/mol. The molecule has 0 spiro atoms. The van der Waals surface area contributed by atoms with Crippen LogP contribution in [0.2, 0.25) is 0 Å². The van der Waals surface area contributed by atoms with Crippen molar-refractivity contribution in [3.63, 3.8) is 0 Å². The molecule has 1 amide bonds. The van der Waals surface area contributed by atoms with Gasteiger partial charge in [0.15, 0.2) is 0 Å². The number of aryl methyl sites for hydroxylation is 3. The van der Waals surface area contributed by atoms with Crippen LogP contribution in [0.25, 0.3) is 23.2 Å². The van der Waals surface area contributed by atoms with Crippen molar-refractivity contribution in [2.24, 2.45) is 7.05 Å². The number of carbonyl (C=O) groups excluding carboxylic acids is 1. The molecule has 184 valence electrons. The molecule has 1 unspecified atom stereocenters. The van der Waals surface area contributed by atoms with Crippen LogP contribution >= 0.6 is 0 Å². The van der Waals surface area contributed by atoms with E-state index in [0.29, 0.717) is 22.8 Å². The molecule has 4 aromatic heterocycles. The number of nitrogens with one attached hydrogen (secondary N) is 1. The third-order valence-corrected chi connectivity index (χ3v) is 5.26. The van der Waals surface area contributed by atoms with Gasteiger partial charge in [-0.25, -0.2) is 9.97 Å². The summed E-state index contributed by atoms with van der Waals surface area (Å²) in [6.07, 6.45) is 5.90. The van der Waals surface area contributed by atoms with E-state index < -0.39 is 0 Å². The standard InChI is InChI=1S/C18H17N7O3.C8H10/c1-10(13-4-6-25(3)24-13)20-16(26)12-8-14(17-19-5-7-27-17)21-15(9-12)18-23-22-11(2)28-18;1-2-8-6-4-3-5-7-8/h4-10H,1-3H3,(H,20,26);3-7H,2H2,1H3. The minimum Gasteiger partial charge on any atom is -0.443 e. The number of nitrogens with zero attached hydrogens (tertiary/aromatic N) is 6. The van der Waals surface area contributed by atoms with Gasteiger partial charge in [0.25, 0.3) is 11.8 Å². The van der Waals surface area contributed by atoms with Crippen molar-refractivity contribution in [3.05, 3.63) is 89.9 Å². The maximum atomic E-state index is 12.9. The molecule has 0 radical (unpaired) electrons. The molecule has 0 fully saturated rings. The zero-order valence-corrected chi connectivity index (χ0v) is 20.5. The minimum atomic E-state index is -0.300. The quantitative estimate of drug-likeness (QED) is 0.371. The lowest BCUT2D eigenvalue weighted by molar-refractivity contribution is 0.0939. The van der Waals surface area contributed by atoms with Crippen molar-refractivity contribution in [2.45, 2.75) is 33.2 Å². The third kappa shape index (κ3) is 6.09. The second-order valence-corrected chi connectivity index (χ2v) is 8.04. The van der Waals surface area contributed by atoms with Crippen molar-refractivity contribution >= 4 is 5.91 Å². The monoisotopic (exact) mass is 485 g/mol. The van der Waals surface area contributed by atoms with Crippen LogP contribution in [-0.2, 0) is 13.5 Å². The number of hydrogen-bond donors (Lipinski definition) is 1. The zero-order chi connectivity index (χ0) is 25.5. The summed E-state index contributed by atoms with van der Waals surface area (Å²) in [5.74, 6) is 0.585. The van der Waals surface area contributed by atoms with E-state index in [1.165, 1.54) is 18.0 Å². The summed E-state index contributed by atoms with van der Waals surface area (Å²) in [4.78, 5) is 21.4. The average molecular weight is 486 g/mol. The van der Waals surface area contributed by atoms with Gasteiger partial charge in [-0.1, -0.05) is 37.3 Å². The highest BCUT2D eigenvalue weighted by molar-refractivity contribution is 5.96. The zero-order valence-electron chi connectivity index (χ0n) is 20.5. The fraction of sp³-hybridized carbons (Fsp3) is 0.231. The van der Waals surface area contributed by atoms with Gasteiger partial charge in [-0.3, -0.25) is 9.48 Å². The van der Waals surface area contributed by atoms with Gasteiger partial charge >= 0.3 is 0 Å². The number of amides is 1. The molecule has 36 heavy (non-hydrogen) atoms. The highest BCUT2D eigenvalue weighted by Gasteiger charge is 2.19. The number of carbonyl (C=O) groups is 1. The van der Waals surface area contributed by atoms with E-state index in [2.05, 4.69) is 61.8 Å². The number of aromatic nitrogens is 6. The van der Waals surface area contributed by atoms with Crippen LogP contribution in [0.1, 0.15) is 47.4 Å². The highest BCUT2D eigenvalue weighted by Crippen LogP contribution is 2.24. The summed E-state index contributed by atoms with van der Waals surface area (Å²) < 4.78 is 12.5. The van der Waals surface area contributed by atoms with Gasteiger partial charge in [0.2, 0.25) is 11.8 Å². The van der Waals surface area contributed by atoms with Crippen LogP contribution in [0.5, 0.6) is 0 Å². The van der Waals surface area contributed by atoms with E-state index >= 15 is 0 Å². The Bertz CT molecular complexity index is 1410. The van der Waals surface area contributed by atoms with Crippen LogP contribution in [0.4, 0.5) is 0 Å². The first kappa shape index (κ1) is 24.5. The summed E-state index contributed by atoms with van der Waals surface area (Å²) >= 11 is 0. The molecular formula is C26H27N7O3. The fourth-order valence-corrected chi connectivity index (χ4v) is 3.36.